The SMILES string of the molecule is O=C(NCc1ccc2c(c1)OCO2)c1ccc(NS(=O)(=O)c2ccccc2)cc1Cl. The molecule has 1 heterocycles. The number of benzene rings is 3. The Balaban J connectivity index is 1.43. The summed E-state index contributed by atoms with van der Waals surface area (Å²) in [5.41, 5.74) is 1.34. The topological polar surface area (TPSA) is 93.7 Å². The number of hydrogen-bond donors (Lipinski definition) is 2. The molecule has 0 aliphatic carbocycles. The molecule has 30 heavy (non-hydrogen) atoms. The number of fused-ring (bicyclic) bond motifs is 1. The van der Waals surface area contributed by atoms with E-state index in [2.05, 4.69) is 10.0 Å². The minimum Gasteiger partial charge on any atom is -0.454 e. The summed E-state index contributed by atoms with van der Waals surface area (Å²) in [6.45, 7) is 0.454. The molecule has 0 fully saturated rings. The van der Waals surface area contributed by atoms with Gasteiger partial charge in [0.1, 0.15) is 0 Å². The van der Waals surface area contributed by atoms with Crippen LogP contribution in [0.25, 0.3) is 0 Å². The number of carbonyl (C=O) groups is 1. The summed E-state index contributed by atoms with van der Waals surface area (Å²) in [6.07, 6.45) is 0. The molecule has 0 atom stereocenters. The fourth-order valence-corrected chi connectivity index (χ4v) is 4.24. The van der Waals surface area contributed by atoms with Crippen molar-refractivity contribution >= 4 is 33.2 Å². The molecule has 1 amide bonds. The molecular weight excluding hydrogens is 428 g/mol. The lowest BCUT2D eigenvalue weighted by Crippen LogP contribution is -2.23. The van der Waals surface area contributed by atoms with Gasteiger partial charge in [0.25, 0.3) is 15.9 Å². The zero-order valence-electron chi connectivity index (χ0n) is 15.6. The standard InChI is InChI=1S/C21H17ClN2O5S/c22-18-11-15(24-30(26,27)16-4-2-1-3-5-16)7-8-17(18)21(25)23-12-14-6-9-19-20(10-14)29-13-28-19/h1-11,24H,12-13H2,(H,23,25). The molecule has 0 unspecified atom stereocenters. The van der Waals surface area contributed by atoms with E-state index in [4.69, 9.17) is 21.1 Å². The number of nitrogens with one attached hydrogen (secondary N) is 2. The molecule has 1 aliphatic heterocycles. The fraction of sp³-hybridized carbons (Fsp3) is 0.0952. The molecule has 1 aliphatic rings. The van der Waals surface area contributed by atoms with Gasteiger partial charge in [0, 0.05) is 6.54 Å². The van der Waals surface area contributed by atoms with Gasteiger partial charge in [-0.05, 0) is 48.0 Å². The van der Waals surface area contributed by atoms with E-state index in [0.29, 0.717) is 11.5 Å². The first-order chi connectivity index (χ1) is 14.4. The highest BCUT2D eigenvalue weighted by Gasteiger charge is 2.17. The van der Waals surface area contributed by atoms with Crippen LogP contribution in [0.15, 0.2) is 71.6 Å². The fourth-order valence-electron chi connectivity index (χ4n) is 2.90. The molecule has 7 nitrogen and oxygen atoms in total. The summed E-state index contributed by atoms with van der Waals surface area (Å²) < 4.78 is 37.9. The van der Waals surface area contributed by atoms with Gasteiger partial charge in [-0.2, -0.15) is 0 Å². The largest absolute Gasteiger partial charge is 0.454 e. The molecule has 0 radical (unpaired) electrons. The molecule has 0 aromatic heterocycles. The number of halogens is 1. The number of sulfonamides is 1. The average Bonchev–Trinajstić information content (AvgIpc) is 3.20. The number of ether oxygens (including phenoxy) is 2. The van der Waals surface area contributed by atoms with Gasteiger partial charge in [0.05, 0.1) is 21.2 Å². The lowest BCUT2D eigenvalue weighted by molar-refractivity contribution is 0.0951. The van der Waals surface area contributed by atoms with E-state index in [0.717, 1.165) is 5.56 Å². The molecule has 0 bridgehead atoms. The Morgan fingerprint density at radius 2 is 1.73 bits per heavy atom. The minimum absolute atomic E-state index is 0.131. The van der Waals surface area contributed by atoms with Crippen molar-refractivity contribution in [2.45, 2.75) is 11.4 Å². The molecule has 0 saturated heterocycles. The van der Waals surface area contributed by atoms with Crippen LogP contribution in [0.2, 0.25) is 5.02 Å². The first kappa shape index (κ1) is 20.1. The van der Waals surface area contributed by atoms with Crippen molar-refractivity contribution < 1.29 is 22.7 Å². The Morgan fingerprint density at radius 1 is 0.967 bits per heavy atom. The maximum Gasteiger partial charge on any atom is 0.261 e. The van der Waals surface area contributed by atoms with E-state index in [1.165, 1.54) is 30.3 Å². The monoisotopic (exact) mass is 444 g/mol. The maximum absolute atomic E-state index is 12.5. The van der Waals surface area contributed by atoms with Crippen LogP contribution < -0.4 is 19.5 Å². The zero-order valence-corrected chi connectivity index (χ0v) is 17.2. The second kappa shape index (κ2) is 8.25. The lowest BCUT2D eigenvalue weighted by atomic mass is 10.1. The Hall–Kier alpha value is -3.23. The van der Waals surface area contributed by atoms with Crippen LogP contribution in [0.5, 0.6) is 11.5 Å². The predicted molar refractivity (Wildman–Crippen MR) is 112 cm³/mol. The van der Waals surface area contributed by atoms with Crippen molar-refractivity contribution in [3.8, 4) is 11.5 Å². The van der Waals surface area contributed by atoms with Crippen LogP contribution in [-0.4, -0.2) is 21.1 Å². The van der Waals surface area contributed by atoms with Crippen LogP contribution in [0.4, 0.5) is 5.69 Å². The van der Waals surface area contributed by atoms with Crippen molar-refractivity contribution in [2.75, 3.05) is 11.5 Å². The Kier molecular flexibility index (Phi) is 5.52. The summed E-state index contributed by atoms with van der Waals surface area (Å²) in [4.78, 5) is 12.6. The Labute approximate surface area is 178 Å². The van der Waals surface area contributed by atoms with Gasteiger partial charge < -0.3 is 14.8 Å². The number of hydrogen-bond acceptors (Lipinski definition) is 5. The highest BCUT2D eigenvalue weighted by atomic mass is 35.5. The minimum atomic E-state index is -3.75. The summed E-state index contributed by atoms with van der Waals surface area (Å²) >= 11 is 6.23. The van der Waals surface area contributed by atoms with Crippen molar-refractivity contribution in [3.05, 3.63) is 82.9 Å². The van der Waals surface area contributed by atoms with Crippen molar-refractivity contribution in [1.29, 1.82) is 0 Å². The number of anilines is 1. The molecular formula is C21H17ClN2O5S. The van der Waals surface area contributed by atoms with E-state index in [9.17, 15) is 13.2 Å². The van der Waals surface area contributed by atoms with Gasteiger partial charge in [0.15, 0.2) is 11.5 Å². The number of rotatable bonds is 6. The molecule has 0 spiro atoms. The number of carbonyl (C=O) groups excluding carboxylic acids is 1. The number of amides is 1. The third-order valence-electron chi connectivity index (χ3n) is 4.41. The summed E-state index contributed by atoms with van der Waals surface area (Å²) in [6, 6.07) is 17.7. The van der Waals surface area contributed by atoms with Gasteiger partial charge in [-0.15, -0.1) is 0 Å². The van der Waals surface area contributed by atoms with Crippen LogP contribution in [0.1, 0.15) is 15.9 Å². The summed E-state index contributed by atoms with van der Waals surface area (Å²) in [7, 11) is -3.75. The van der Waals surface area contributed by atoms with E-state index in [1.54, 1.807) is 30.3 Å². The van der Waals surface area contributed by atoms with E-state index in [1.807, 2.05) is 6.07 Å². The zero-order chi connectivity index (χ0) is 21.1. The molecule has 3 aromatic carbocycles. The van der Waals surface area contributed by atoms with Gasteiger partial charge in [0.2, 0.25) is 6.79 Å². The van der Waals surface area contributed by atoms with Crippen LogP contribution in [0.3, 0.4) is 0 Å². The first-order valence-corrected chi connectivity index (χ1v) is 10.8. The second-order valence-electron chi connectivity index (χ2n) is 6.48. The van der Waals surface area contributed by atoms with Crippen LogP contribution in [0, 0.1) is 0 Å². The predicted octanol–water partition coefficient (Wildman–Crippen LogP) is 3.80. The van der Waals surface area contributed by atoms with E-state index < -0.39 is 10.0 Å². The molecule has 4 rings (SSSR count). The van der Waals surface area contributed by atoms with Crippen molar-refractivity contribution in [2.24, 2.45) is 0 Å². The van der Waals surface area contributed by atoms with Gasteiger partial charge >= 0.3 is 0 Å². The summed E-state index contributed by atoms with van der Waals surface area (Å²) in [5.74, 6) is 0.923. The molecule has 0 saturated carbocycles. The molecule has 154 valence electrons. The Bertz CT molecular complexity index is 1200. The first-order valence-electron chi connectivity index (χ1n) is 8.96. The van der Waals surface area contributed by atoms with Gasteiger partial charge in [-0.3, -0.25) is 9.52 Å². The second-order valence-corrected chi connectivity index (χ2v) is 8.57. The van der Waals surface area contributed by atoms with E-state index in [-0.39, 0.29) is 40.4 Å². The maximum atomic E-state index is 12.5. The third kappa shape index (κ3) is 4.34. The highest BCUT2D eigenvalue weighted by Crippen LogP contribution is 2.32. The molecule has 3 aromatic rings. The van der Waals surface area contributed by atoms with Gasteiger partial charge in [-0.25, -0.2) is 8.42 Å². The normalized spacial score (nSPS) is 12.4. The average molecular weight is 445 g/mol. The third-order valence-corrected chi connectivity index (χ3v) is 6.12. The molecule has 2 N–H and O–H groups in total. The lowest BCUT2D eigenvalue weighted by Gasteiger charge is -2.11. The van der Waals surface area contributed by atoms with Gasteiger partial charge in [-0.1, -0.05) is 35.9 Å². The van der Waals surface area contributed by atoms with Crippen molar-refractivity contribution in [3.63, 3.8) is 0 Å². The van der Waals surface area contributed by atoms with Crippen LogP contribution >= 0.6 is 11.6 Å². The highest BCUT2D eigenvalue weighted by molar-refractivity contribution is 7.92. The van der Waals surface area contributed by atoms with Crippen LogP contribution in [-0.2, 0) is 16.6 Å². The quantitative estimate of drug-likeness (QED) is 0.603. The Morgan fingerprint density at radius 3 is 2.50 bits per heavy atom. The summed E-state index contributed by atoms with van der Waals surface area (Å²) in [5, 5.41) is 2.91. The smallest absolute Gasteiger partial charge is 0.261 e. The van der Waals surface area contributed by atoms with E-state index >= 15 is 0 Å². The van der Waals surface area contributed by atoms with Crippen molar-refractivity contribution in [1.82, 2.24) is 5.32 Å². The molecule has 9 heteroatoms.